The fourth-order valence-corrected chi connectivity index (χ4v) is 2.50. The molecule has 0 saturated heterocycles. The normalized spacial score (nSPS) is 11.3. The van der Waals surface area contributed by atoms with Crippen LogP contribution in [0.5, 0.6) is 0 Å². The van der Waals surface area contributed by atoms with E-state index in [9.17, 15) is 5.21 Å². The lowest BCUT2D eigenvalue weighted by Gasteiger charge is -2.21. The van der Waals surface area contributed by atoms with Gasteiger partial charge >= 0.3 is 0 Å². The van der Waals surface area contributed by atoms with Crippen LogP contribution in [0.2, 0.25) is 0 Å². The standard InChI is InChI=1S/C14H13N2O2/c1-2-15-13-6-4-3-5-11(13)12-9-10(16(17)18)7-8-14(12)15/h3-9,17H,2H2,1H3/q-1. The molecule has 0 aliphatic heterocycles. The van der Waals surface area contributed by atoms with Crippen LogP contribution in [0, 0.1) is 5.21 Å². The lowest BCUT2D eigenvalue weighted by atomic mass is 10.1. The van der Waals surface area contributed by atoms with Crippen LogP contribution in [0.25, 0.3) is 21.8 Å². The molecule has 4 nitrogen and oxygen atoms in total. The molecule has 2 aromatic carbocycles. The Labute approximate surface area is 104 Å². The van der Waals surface area contributed by atoms with Crippen molar-refractivity contribution in [2.45, 2.75) is 13.5 Å². The van der Waals surface area contributed by atoms with Crippen molar-refractivity contribution in [1.82, 2.24) is 4.57 Å². The lowest BCUT2D eigenvalue weighted by Crippen LogP contribution is -2.06. The van der Waals surface area contributed by atoms with E-state index in [0.29, 0.717) is 0 Å². The zero-order valence-corrected chi connectivity index (χ0v) is 10.00. The highest BCUT2D eigenvalue weighted by atomic mass is 16.8. The lowest BCUT2D eigenvalue weighted by molar-refractivity contribution is 0.296. The number of para-hydroxylation sites is 1. The fraction of sp³-hybridized carbons (Fsp3) is 0.143. The zero-order valence-electron chi connectivity index (χ0n) is 10.00. The fourth-order valence-electron chi connectivity index (χ4n) is 2.50. The maximum atomic E-state index is 11.0. The van der Waals surface area contributed by atoms with Gasteiger partial charge in [-0.25, -0.2) is 0 Å². The number of benzene rings is 2. The number of aryl methyl sites for hydroxylation is 1. The molecule has 18 heavy (non-hydrogen) atoms. The third-order valence-corrected chi connectivity index (χ3v) is 3.29. The first-order valence-electron chi connectivity index (χ1n) is 5.89. The minimum Gasteiger partial charge on any atom is -0.733 e. The second kappa shape index (κ2) is 4.01. The van der Waals surface area contributed by atoms with E-state index in [-0.39, 0.29) is 10.9 Å². The zero-order chi connectivity index (χ0) is 12.7. The number of nitrogens with zero attached hydrogens (tertiary/aromatic N) is 2. The van der Waals surface area contributed by atoms with Gasteiger partial charge in [0.05, 0.1) is 5.69 Å². The van der Waals surface area contributed by atoms with E-state index >= 15 is 0 Å². The second-order valence-corrected chi connectivity index (χ2v) is 4.24. The molecule has 0 aliphatic carbocycles. The van der Waals surface area contributed by atoms with E-state index in [2.05, 4.69) is 17.6 Å². The summed E-state index contributed by atoms with van der Waals surface area (Å²) in [6, 6.07) is 13.3. The Kier molecular flexibility index (Phi) is 2.47. The summed E-state index contributed by atoms with van der Waals surface area (Å²) in [4.78, 5) is 0. The highest BCUT2D eigenvalue weighted by Crippen LogP contribution is 2.31. The molecular formula is C14H13N2O2-. The predicted octanol–water partition coefficient (Wildman–Crippen LogP) is 3.51. The molecule has 0 amide bonds. The molecule has 0 radical (unpaired) electrons. The smallest absolute Gasteiger partial charge is 0.0516 e. The van der Waals surface area contributed by atoms with Gasteiger partial charge in [0, 0.05) is 28.4 Å². The van der Waals surface area contributed by atoms with E-state index in [1.165, 1.54) is 0 Å². The number of anilines is 1. The van der Waals surface area contributed by atoms with Gasteiger partial charge in [0.15, 0.2) is 0 Å². The van der Waals surface area contributed by atoms with Crippen molar-refractivity contribution >= 4 is 27.5 Å². The van der Waals surface area contributed by atoms with Crippen LogP contribution in [-0.4, -0.2) is 9.77 Å². The first-order chi connectivity index (χ1) is 8.72. The van der Waals surface area contributed by atoms with Crippen molar-refractivity contribution in [2.75, 3.05) is 5.23 Å². The molecule has 0 atom stereocenters. The van der Waals surface area contributed by atoms with Crippen molar-refractivity contribution in [3.63, 3.8) is 0 Å². The third kappa shape index (κ3) is 1.47. The molecule has 3 aromatic rings. The van der Waals surface area contributed by atoms with Gasteiger partial charge in [-0.2, -0.15) is 0 Å². The molecule has 0 unspecified atom stereocenters. The van der Waals surface area contributed by atoms with Gasteiger partial charge < -0.3 is 15.0 Å². The highest BCUT2D eigenvalue weighted by Gasteiger charge is 2.09. The molecule has 1 heterocycles. The molecule has 0 saturated carbocycles. The Balaban J connectivity index is 2.45. The maximum absolute atomic E-state index is 11.0. The van der Waals surface area contributed by atoms with Gasteiger partial charge in [-0.1, -0.05) is 18.2 Å². The summed E-state index contributed by atoms with van der Waals surface area (Å²) in [5.74, 6) is 0. The average Bonchev–Trinajstić information content (AvgIpc) is 2.71. The van der Waals surface area contributed by atoms with Gasteiger partial charge in [0.25, 0.3) is 0 Å². The molecule has 1 N–H and O–H groups in total. The van der Waals surface area contributed by atoms with Crippen molar-refractivity contribution < 1.29 is 5.21 Å². The quantitative estimate of drug-likeness (QED) is 0.698. The number of aromatic nitrogens is 1. The van der Waals surface area contributed by atoms with Crippen LogP contribution in [-0.2, 0) is 6.54 Å². The maximum Gasteiger partial charge on any atom is 0.0516 e. The highest BCUT2D eigenvalue weighted by molar-refractivity contribution is 6.09. The van der Waals surface area contributed by atoms with Gasteiger partial charge in [0.2, 0.25) is 0 Å². The third-order valence-electron chi connectivity index (χ3n) is 3.29. The number of hydrogen-bond donors (Lipinski definition) is 1. The number of hydrogen-bond acceptors (Lipinski definition) is 3. The van der Waals surface area contributed by atoms with E-state index in [1.807, 2.05) is 24.3 Å². The number of rotatable bonds is 2. The molecular weight excluding hydrogens is 228 g/mol. The van der Waals surface area contributed by atoms with Crippen LogP contribution < -0.4 is 5.23 Å². The Bertz CT molecular complexity index is 716. The van der Waals surface area contributed by atoms with Gasteiger partial charge in [-0.15, -0.1) is 0 Å². The molecule has 1 aromatic heterocycles. The molecule has 92 valence electrons. The van der Waals surface area contributed by atoms with Crippen LogP contribution in [0.1, 0.15) is 6.92 Å². The number of fused-ring (bicyclic) bond motifs is 3. The summed E-state index contributed by atoms with van der Waals surface area (Å²) >= 11 is 0. The summed E-state index contributed by atoms with van der Waals surface area (Å²) in [5, 5.41) is 21.9. The van der Waals surface area contributed by atoms with E-state index in [0.717, 1.165) is 28.4 Å². The van der Waals surface area contributed by atoms with Gasteiger partial charge in [-0.05, 0) is 31.2 Å². The summed E-state index contributed by atoms with van der Waals surface area (Å²) < 4.78 is 2.20. The van der Waals surface area contributed by atoms with Crippen LogP contribution in [0.4, 0.5) is 5.69 Å². The predicted molar refractivity (Wildman–Crippen MR) is 72.8 cm³/mol. The van der Waals surface area contributed by atoms with Crippen molar-refractivity contribution in [1.29, 1.82) is 0 Å². The molecule has 4 heteroatoms. The van der Waals surface area contributed by atoms with Crippen molar-refractivity contribution in [2.24, 2.45) is 0 Å². The van der Waals surface area contributed by atoms with E-state index in [4.69, 9.17) is 5.21 Å². The molecule has 0 bridgehead atoms. The Morgan fingerprint density at radius 3 is 2.56 bits per heavy atom. The van der Waals surface area contributed by atoms with Crippen molar-refractivity contribution in [3.05, 3.63) is 47.7 Å². The minimum absolute atomic E-state index is 0.0997. The Hall–Kier alpha value is -2.04. The summed E-state index contributed by atoms with van der Waals surface area (Å²) in [6.45, 7) is 2.95. The molecule has 3 rings (SSSR count). The first-order valence-corrected chi connectivity index (χ1v) is 5.89. The van der Waals surface area contributed by atoms with E-state index < -0.39 is 0 Å². The van der Waals surface area contributed by atoms with Crippen LogP contribution >= 0.6 is 0 Å². The largest absolute Gasteiger partial charge is 0.733 e. The van der Waals surface area contributed by atoms with Crippen LogP contribution in [0.15, 0.2) is 42.5 Å². The molecule has 0 fully saturated rings. The topological polar surface area (TPSA) is 51.5 Å². The Morgan fingerprint density at radius 2 is 1.83 bits per heavy atom. The van der Waals surface area contributed by atoms with E-state index in [1.54, 1.807) is 12.1 Å². The van der Waals surface area contributed by atoms with Crippen LogP contribution in [0.3, 0.4) is 0 Å². The summed E-state index contributed by atoms with van der Waals surface area (Å²) in [5.41, 5.74) is 2.47. The summed E-state index contributed by atoms with van der Waals surface area (Å²) in [6.07, 6.45) is 0. The van der Waals surface area contributed by atoms with Crippen molar-refractivity contribution in [3.8, 4) is 0 Å². The monoisotopic (exact) mass is 241 g/mol. The van der Waals surface area contributed by atoms with Gasteiger partial charge in [-0.3, -0.25) is 5.21 Å². The summed E-state index contributed by atoms with van der Waals surface area (Å²) in [7, 11) is 0. The molecule has 0 aliphatic rings. The Morgan fingerprint density at radius 1 is 1.11 bits per heavy atom. The minimum atomic E-state index is -0.0997. The first kappa shape index (κ1) is 11.1. The van der Waals surface area contributed by atoms with Gasteiger partial charge in [0.1, 0.15) is 0 Å². The second-order valence-electron chi connectivity index (χ2n) is 4.24. The SMILES string of the molecule is CCn1c2ccccc2c2cc(N([O-])O)ccc21. The molecule has 0 spiro atoms. The average molecular weight is 241 g/mol.